The second kappa shape index (κ2) is 8.89. The van der Waals surface area contributed by atoms with Gasteiger partial charge in [-0.25, -0.2) is 14.0 Å². The molecule has 0 aromatic heterocycles. The molecule has 0 spiro atoms. The van der Waals surface area contributed by atoms with Crippen LogP contribution in [0.2, 0.25) is 0 Å². The van der Waals surface area contributed by atoms with E-state index in [1.807, 2.05) is 0 Å². The first kappa shape index (κ1) is 22.5. The van der Waals surface area contributed by atoms with Crippen LogP contribution in [-0.2, 0) is 39.6 Å². The summed E-state index contributed by atoms with van der Waals surface area (Å²) in [5.74, 6) is -3.25. The number of fused-ring (bicyclic) bond motifs is 1. The molecule has 2 amide bonds. The summed E-state index contributed by atoms with van der Waals surface area (Å²) in [5.41, 5.74) is 5.04. The molecule has 1 fully saturated rings. The number of nitrogens with two attached hydrogens (primary N) is 1. The number of oxime groups is 1. The Bertz CT molecular complexity index is 1020. The van der Waals surface area contributed by atoms with Crippen LogP contribution in [0, 0.1) is 0 Å². The van der Waals surface area contributed by atoms with Crippen LogP contribution >= 0.6 is 11.8 Å². The number of aliphatic imine (C=N–C) groups is 1. The Kier molecular flexibility index (Phi) is 6.45. The number of hydrogen-bond donors (Lipinski definition) is 3. The lowest BCUT2D eigenvalue weighted by atomic mass is 10.0. The number of aliphatic carboxylic acids is 1. The Balaban J connectivity index is 1.78. The van der Waals surface area contributed by atoms with E-state index in [1.165, 1.54) is 25.8 Å². The molecule has 3 aliphatic heterocycles. The van der Waals surface area contributed by atoms with E-state index in [4.69, 9.17) is 10.5 Å². The van der Waals surface area contributed by atoms with E-state index in [2.05, 4.69) is 20.3 Å². The Labute approximate surface area is 181 Å². The number of amidine groups is 1. The summed E-state index contributed by atoms with van der Waals surface area (Å²) in [6.45, 7) is 0.930. The highest BCUT2D eigenvalue weighted by Gasteiger charge is 2.54. The van der Waals surface area contributed by atoms with Crippen LogP contribution in [0.5, 0.6) is 0 Å². The second-order valence-corrected chi connectivity index (χ2v) is 8.63. The molecule has 13 nitrogen and oxygen atoms in total. The average molecular weight is 471 g/mol. The van der Waals surface area contributed by atoms with E-state index >= 15 is 0 Å². The summed E-state index contributed by atoms with van der Waals surface area (Å²) in [7, 11) is -0.520. The standard InChI is InChI=1S/C16H17N5O8S2/c1-6(22)29-3-7-4-30-14-10(13(24)21(14)11(7)15(25)26)19-12(23)9(20-28-2)8-5-31(27)16(17)18-8/h5,10,14H,3-4H2,1-2H3,(H2,17,18)(H,19,23)(H,25,26)/b20-9-/t10-,14-,31?/m1/s1. The molecule has 0 aromatic rings. The lowest BCUT2D eigenvalue weighted by Gasteiger charge is -2.49. The number of carbonyl (C=O) groups excluding carboxylic acids is 3. The van der Waals surface area contributed by atoms with Crippen molar-refractivity contribution in [1.82, 2.24) is 10.2 Å². The molecule has 0 aromatic carbocycles. The molecular weight excluding hydrogens is 454 g/mol. The van der Waals surface area contributed by atoms with Crippen molar-refractivity contribution in [2.75, 3.05) is 19.5 Å². The first-order chi connectivity index (χ1) is 14.6. The van der Waals surface area contributed by atoms with Gasteiger partial charge in [-0.1, -0.05) is 5.16 Å². The smallest absolute Gasteiger partial charge is 0.352 e. The highest BCUT2D eigenvalue weighted by Crippen LogP contribution is 2.40. The maximum atomic E-state index is 12.7. The third-order valence-electron chi connectivity index (χ3n) is 4.28. The monoisotopic (exact) mass is 471 g/mol. The van der Waals surface area contributed by atoms with Crippen molar-refractivity contribution in [2.24, 2.45) is 15.9 Å². The minimum Gasteiger partial charge on any atom is -0.477 e. The summed E-state index contributed by atoms with van der Waals surface area (Å²) < 4.78 is 16.5. The first-order valence-corrected chi connectivity index (χ1v) is 10.8. The number of nitrogens with one attached hydrogen (secondary N) is 1. The molecule has 3 heterocycles. The van der Waals surface area contributed by atoms with Crippen LogP contribution in [-0.4, -0.2) is 79.7 Å². The Hall–Kier alpha value is -3.20. The van der Waals surface area contributed by atoms with E-state index in [0.717, 1.165) is 10.3 Å². The number of hydrogen-bond acceptors (Lipinski definition) is 11. The van der Waals surface area contributed by atoms with Crippen LogP contribution in [0.25, 0.3) is 0 Å². The van der Waals surface area contributed by atoms with Gasteiger partial charge in [0, 0.05) is 23.7 Å². The molecule has 3 atom stereocenters. The minimum atomic E-state index is -1.71. The number of carbonyl (C=O) groups is 4. The van der Waals surface area contributed by atoms with Crippen LogP contribution in [0.15, 0.2) is 32.5 Å². The van der Waals surface area contributed by atoms with Crippen molar-refractivity contribution in [1.29, 1.82) is 0 Å². The largest absolute Gasteiger partial charge is 0.477 e. The number of carboxylic acid groups (broad SMARTS) is 1. The Morgan fingerprint density at radius 3 is 2.74 bits per heavy atom. The molecule has 3 rings (SSSR count). The minimum absolute atomic E-state index is 0.0788. The number of ether oxygens (including phenoxy) is 1. The maximum Gasteiger partial charge on any atom is 0.352 e. The Morgan fingerprint density at radius 1 is 1.48 bits per heavy atom. The number of nitrogens with zero attached hydrogens (tertiary/aromatic N) is 3. The van der Waals surface area contributed by atoms with Gasteiger partial charge in [0.15, 0.2) is 10.9 Å². The summed E-state index contributed by atoms with van der Waals surface area (Å²) >= 11 is 1.20. The molecule has 1 unspecified atom stereocenters. The SMILES string of the molecule is CO/N=C(\C(=O)N[C@@H]1C(=O)N2C(C(=O)O)=C(COC(C)=O)CS[C@H]12)C1=CS(=O)C(N)=N1. The highest BCUT2D eigenvalue weighted by molar-refractivity contribution is 8.03. The molecule has 0 saturated carbocycles. The highest BCUT2D eigenvalue weighted by atomic mass is 32.2. The van der Waals surface area contributed by atoms with Gasteiger partial charge in [-0.05, 0) is 0 Å². The summed E-state index contributed by atoms with van der Waals surface area (Å²) in [6, 6.07) is -1.04. The zero-order chi connectivity index (χ0) is 22.9. The quantitative estimate of drug-likeness (QED) is 0.165. The van der Waals surface area contributed by atoms with Gasteiger partial charge >= 0.3 is 11.9 Å². The van der Waals surface area contributed by atoms with E-state index in [1.54, 1.807) is 0 Å². The lowest BCUT2D eigenvalue weighted by molar-refractivity contribution is -0.150. The molecule has 0 bridgehead atoms. The van der Waals surface area contributed by atoms with E-state index in [-0.39, 0.29) is 40.2 Å². The molecule has 1 saturated heterocycles. The van der Waals surface area contributed by atoms with E-state index < -0.39 is 46.0 Å². The lowest BCUT2D eigenvalue weighted by Crippen LogP contribution is -2.71. The van der Waals surface area contributed by atoms with Crippen molar-refractivity contribution in [2.45, 2.75) is 18.3 Å². The van der Waals surface area contributed by atoms with E-state index in [9.17, 15) is 28.5 Å². The molecule has 4 N–H and O–H groups in total. The van der Waals surface area contributed by atoms with Crippen LogP contribution in [0.1, 0.15) is 6.92 Å². The number of carboxylic acids is 1. The molecule has 31 heavy (non-hydrogen) atoms. The van der Waals surface area contributed by atoms with Crippen LogP contribution in [0.3, 0.4) is 0 Å². The summed E-state index contributed by atoms with van der Waals surface area (Å²) in [5, 5.41) is 15.8. The molecule has 3 aliphatic rings. The number of amides is 2. The fourth-order valence-corrected chi connectivity index (χ4v) is 4.95. The van der Waals surface area contributed by atoms with Crippen molar-refractivity contribution >= 4 is 57.2 Å². The molecule has 0 radical (unpaired) electrons. The van der Waals surface area contributed by atoms with Crippen molar-refractivity contribution in [3.05, 3.63) is 22.4 Å². The van der Waals surface area contributed by atoms with Gasteiger partial charge in [0.2, 0.25) is 0 Å². The van der Waals surface area contributed by atoms with Gasteiger partial charge in [0.25, 0.3) is 11.8 Å². The molecule has 0 aliphatic carbocycles. The van der Waals surface area contributed by atoms with Gasteiger partial charge in [-0.2, -0.15) is 0 Å². The third-order valence-corrected chi connectivity index (χ3v) is 6.56. The van der Waals surface area contributed by atoms with Gasteiger partial charge in [0.1, 0.15) is 47.3 Å². The second-order valence-electron chi connectivity index (χ2n) is 6.27. The van der Waals surface area contributed by atoms with Gasteiger partial charge in [-0.3, -0.25) is 19.3 Å². The number of β-lactam (4-membered cyclic amide) rings is 1. The third kappa shape index (κ3) is 4.32. The number of rotatable bonds is 7. The van der Waals surface area contributed by atoms with E-state index in [0.29, 0.717) is 0 Å². The Morgan fingerprint density at radius 2 is 2.19 bits per heavy atom. The summed E-state index contributed by atoms with van der Waals surface area (Å²) in [6.07, 6.45) is 0. The predicted molar refractivity (Wildman–Crippen MR) is 109 cm³/mol. The van der Waals surface area contributed by atoms with Crippen LogP contribution < -0.4 is 11.1 Å². The number of thioether (sulfide) groups is 1. The molecule has 15 heteroatoms. The van der Waals surface area contributed by atoms with Gasteiger partial charge < -0.3 is 25.7 Å². The van der Waals surface area contributed by atoms with Crippen molar-refractivity contribution < 1.29 is 38.1 Å². The van der Waals surface area contributed by atoms with Crippen LogP contribution in [0.4, 0.5) is 0 Å². The summed E-state index contributed by atoms with van der Waals surface area (Å²) in [4.78, 5) is 57.5. The fraction of sp³-hybridized carbons (Fsp3) is 0.375. The molecular formula is C16H17N5O8S2. The fourth-order valence-electron chi connectivity index (χ4n) is 2.95. The normalized spacial score (nSPS) is 25.2. The molecule has 166 valence electrons. The zero-order valence-electron chi connectivity index (χ0n) is 16.2. The number of esters is 1. The zero-order valence-corrected chi connectivity index (χ0v) is 17.8. The van der Waals surface area contributed by atoms with Gasteiger partial charge in [-0.15, -0.1) is 11.8 Å². The van der Waals surface area contributed by atoms with Crippen molar-refractivity contribution in [3.63, 3.8) is 0 Å². The van der Waals surface area contributed by atoms with Gasteiger partial charge in [0.05, 0.1) is 0 Å². The topological polar surface area (TPSA) is 190 Å². The van der Waals surface area contributed by atoms with Crippen molar-refractivity contribution in [3.8, 4) is 0 Å². The predicted octanol–water partition coefficient (Wildman–Crippen LogP) is -1.79. The first-order valence-electron chi connectivity index (χ1n) is 8.58. The maximum absolute atomic E-state index is 12.7. The average Bonchev–Trinajstić information content (AvgIpc) is 3.05.